The quantitative estimate of drug-likeness (QED) is 0.828. The fourth-order valence-electron chi connectivity index (χ4n) is 3.84. The SMILES string of the molecule is O=C(CC1(C(=O)O)CCC1)NCC1(c2ccc(F)cc2)CCOCC1. The Morgan fingerprint density at radius 2 is 1.76 bits per heavy atom. The molecule has 6 heteroatoms. The van der Waals surface area contributed by atoms with Crippen molar-refractivity contribution in [2.24, 2.45) is 5.41 Å². The number of rotatable bonds is 6. The van der Waals surface area contributed by atoms with Gasteiger partial charge in [-0.3, -0.25) is 9.59 Å². The Labute approximate surface area is 146 Å². The average molecular weight is 349 g/mol. The Balaban J connectivity index is 1.68. The van der Waals surface area contributed by atoms with Crippen LogP contribution in [-0.4, -0.2) is 36.7 Å². The number of halogens is 1. The molecular formula is C19H24FNO4. The van der Waals surface area contributed by atoms with Crippen molar-refractivity contribution in [2.45, 2.75) is 43.9 Å². The zero-order chi connectivity index (χ0) is 17.9. The van der Waals surface area contributed by atoms with Crippen molar-refractivity contribution in [3.8, 4) is 0 Å². The van der Waals surface area contributed by atoms with Crippen LogP contribution in [0.4, 0.5) is 4.39 Å². The molecule has 0 bridgehead atoms. The van der Waals surface area contributed by atoms with Crippen molar-refractivity contribution < 1.29 is 23.8 Å². The van der Waals surface area contributed by atoms with Crippen LogP contribution in [0.3, 0.4) is 0 Å². The van der Waals surface area contributed by atoms with Crippen molar-refractivity contribution in [3.05, 3.63) is 35.6 Å². The summed E-state index contributed by atoms with van der Waals surface area (Å²) >= 11 is 0. The van der Waals surface area contributed by atoms with E-state index in [-0.39, 0.29) is 23.6 Å². The van der Waals surface area contributed by atoms with Gasteiger partial charge in [0.25, 0.3) is 0 Å². The van der Waals surface area contributed by atoms with E-state index in [9.17, 15) is 19.1 Å². The first-order valence-electron chi connectivity index (χ1n) is 8.80. The molecule has 1 heterocycles. The molecule has 136 valence electrons. The molecule has 1 aliphatic heterocycles. The van der Waals surface area contributed by atoms with Crippen molar-refractivity contribution in [1.82, 2.24) is 5.32 Å². The molecule has 0 unspecified atom stereocenters. The molecule has 2 N–H and O–H groups in total. The fraction of sp³-hybridized carbons (Fsp3) is 0.579. The highest BCUT2D eigenvalue weighted by molar-refractivity contribution is 5.85. The summed E-state index contributed by atoms with van der Waals surface area (Å²) in [5.74, 6) is -1.40. The van der Waals surface area contributed by atoms with Crippen molar-refractivity contribution in [1.29, 1.82) is 0 Å². The van der Waals surface area contributed by atoms with E-state index < -0.39 is 11.4 Å². The lowest BCUT2D eigenvalue weighted by molar-refractivity contribution is -0.157. The number of carboxylic acids is 1. The lowest BCUT2D eigenvalue weighted by Gasteiger charge is -2.39. The Morgan fingerprint density at radius 1 is 1.12 bits per heavy atom. The van der Waals surface area contributed by atoms with Gasteiger partial charge in [0, 0.05) is 31.6 Å². The van der Waals surface area contributed by atoms with Gasteiger partial charge in [-0.2, -0.15) is 0 Å². The molecular weight excluding hydrogens is 325 g/mol. The Hall–Kier alpha value is -1.95. The first-order chi connectivity index (χ1) is 12.0. The fourth-order valence-corrected chi connectivity index (χ4v) is 3.84. The zero-order valence-electron chi connectivity index (χ0n) is 14.2. The Bertz CT molecular complexity index is 633. The molecule has 1 saturated heterocycles. The summed E-state index contributed by atoms with van der Waals surface area (Å²) in [4.78, 5) is 23.8. The molecule has 1 amide bonds. The number of ether oxygens (including phenoxy) is 1. The van der Waals surface area contributed by atoms with E-state index in [4.69, 9.17) is 4.74 Å². The standard InChI is InChI=1S/C19H24FNO4/c20-15-4-2-14(3-5-15)19(8-10-25-11-9-19)13-21-16(22)12-18(17(23)24)6-1-7-18/h2-5H,1,6-13H2,(H,21,22)(H,23,24). The molecule has 0 spiro atoms. The number of carbonyl (C=O) groups is 2. The highest BCUT2D eigenvalue weighted by Gasteiger charge is 2.46. The van der Waals surface area contributed by atoms with Gasteiger partial charge in [0.2, 0.25) is 5.91 Å². The monoisotopic (exact) mass is 349 g/mol. The van der Waals surface area contributed by atoms with E-state index in [1.54, 1.807) is 12.1 Å². The largest absolute Gasteiger partial charge is 0.481 e. The summed E-state index contributed by atoms with van der Waals surface area (Å²) in [5, 5.41) is 12.3. The number of carbonyl (C=O) groups excluding carboxylic acids is 1. The molecule has 5 nitrogen and oxygen atoms in total. The van der Waals surface area contributed by atoms with Crippen LogP contribution in [0.5, 0.6) is 0 Å². The van der Waals surface area contributed by atoms with E-state index in [2.05, 4.69) is 5.32 Å². The molecule has 0 atom stereocenters. The van der Waals surface area contributed by atoms with E-state index in [0.717, 1.165) is 24.8 Å². The number of hydrogen-bond donors (Lipinski definition) is 2. The molecule has 0 aromatic heterocycles. The first-order valence-corrected chi connectivity index (χ1v) is 8.80. The molecule has 1 saturated carbocycles. The van der Waals surface area contributed by atoms with Crippen LogP contribution in [0, 0.1) is 11.2 Å². The van der Waals surface area contributed by atoms with E-state index in [0.29, 0.717) is 32.6 Å². The third kappa shape index (κ3) is 3.68. The van der Waals surface area contributed by atoms with E-state index >= 15 is 0 Å². The normalized spacial score (nSPS) is 21.2. The van der Waals surface area contributed by atoms with Gasteiger partial charge in [-0.25, -0.2) is 4.39 Å². The maximum Gasteiger partial charge on any atom is 0.310 e. The van der Waals surface area contributed by atoms with Gasteiger partial charge in [-0.1, -0.05) is 18.6 Å². The van der Waals surface area contributed by atoms with Gasteiger partial charge in [-0.15, -0.1) is 0 Å². The van der Waals surface area contributed by atoms with Crippen LogP contribution in [0.25, 0.3) is 0 Å². The number of aliphatic carboxylic acids is 1. The smallest absolute Gasteiger partial charge is 0.310 e. The number of hydrogen-bond acceptors (Lipinski definition) is 3. The molecule has 1 aromatic rings. The zero-order valence-corrected chi connectivity index (χ0v) is 14.2. The highest BCUT2D eigenvalue weighted by Crippen LogP contribution is 2.44. The summed E-state index contributed by atoms with van der Waals surface area (Å²) < 4.78 is 18.7. The summed E-state index contributed by atoms with van der Waals surface area (Å²) in [6.07, 6.45) is 3.49. The summed E-state index contributed by atoms with van der Waals surface area (Å²) in [6.45, 7) is 1.59. The lowest BCUT2D eigenvalue weighted by Crippen LogP contribution is -2.47. The van der Waals surface area contributed by atoms with Crippen LogP contribution in [-0.2, 0) is 19.7 Å². The summed E-state index contributed by atoms with van der Waals surface area (Å²) in [7, 11) is 0. The van der Waals surface area contributed by atoms with E-state index in [1.807, 2.05) is 0 Å². The molecule has 0 radical (unpaired) electrons. The second-order valence-corrected chi connectivity index (χ2v) is 7.29. The molecule has 1 aliphatic carbocycles. The predicted molar refractivity (Wildman–Crippen MR) is 89.7 cm³/mol. The Morgan fingerprint density at radius 3 is 2.28 bits per heavy atom. The van der Waals surface area contributed by atoms with Crippen molar-refractivity contribution in [3.63, 3.8) is 0 Å². The first kappa shape index (κ1) is 17.9. The van der Waals surface area contributed by atoms with Gasteiger partial charge >= 0.3 is 5.97 Å². The van der Waals surface area contributed by atoms with E-state index in [1.165, 1.54) is 12.1 Å². The topological polar surface area (TPSA) is 75.6 Å². The maximum absolute atomic E-state index is 13.2. The van der Waals surface area contributed by atoms with Crippen LogP contribution in [0.15, 0.2) is 24.3 Å². The average Bonchev–Trinajstić information content (AvgIpc) is 2.57. The van der Waals surface area contributed by atoms with Crippen LogP contribution >= 0.6 is 0 Å². The van der Waals surface area contributed by atoms with Gasteiger partial charge < -0.3 is 15.2 Å². The third-order valence-electron chi connectivity index (χ3n) is 5.79. The van der Waals surface area contributed by atoms with Crippen LogP contribution in [0.1, 0.15) is 44.1 Å². The predicted octanol–water partition coefficient (Wildman–Crippen LogP) is 2.64. The third-order valence-corrected chi connectivity index (χ3v) is 5.79. The minimum atomic E-state index is -0.886. The summed E-state index contributed by atoms with van der Waals surface area (Å²) in [6, 6.07) is 6.39. The number of nitrogens with one attached hydrogen (secondary N) is 1. The minimum absolute atomic E-state index is 0.0261. The molecule has 25 heavy (non-hydrogen) atoms. The molecule has 3 rings (SSSR count). The second-order valence-electron chi connectivity index (χ2n) is 7.29. The second kappa shape index (κ2) is 7.12. The Kier molecular flexibility index (Phi) is 5.08. The molecule has 2 fully saturated rings. The molecule has 1 aromatic carbocycles. The van der Waals surface area contributed by atoms with Gasteiger partial charge in [0.1, 0.15) is 5.82 Å². The van der Waals surface area contributed by atoms with Gasteiger partial charge in [-0.05, 0) is 43.4 Å². The lowest BCUT2D eigenvalue weighted by atomic mass is 9.66. The number of benzene rings is 1. The van der Waals surface area contributed by atoms with Gasteiger partial charge in [0.15, 0.2) is 0 Å². The van der Waals surface area contributed by atoms with Crippen LogP contribution < -0.4 is 5.32 Å². The molecule has 2 aliphatic rings. The van der Waals surface area contributed by atoms with Crippen LogP contribution in [0.2, 0.25) is 0 Å². The van der Waals surface area contributed by atoms with Crippen molar-refractivity contribution in [2.75, 3.05) is 19.8 Å². The minimum Gasteiger partial charge on any atom is -0.481 e. The van der Waals surface area contributed by atoms with Crippen molar-refractivity contribution >= 4 is 11.9 Å². The maximum atomic E-state index is 13.2. The number of amides is 1. The summed E-state index contributed by atoms with van der Waals surface area (Å²) in [5.41, 5.74) is -0.200. The number of carboxylic acid groups (broad SMARTS) is 1. The highest BCUT2D eigenvalue weighted by atomic mass is 19.1. The van der Waals surface area contributed by atoms with Gasteiger partial charge in [0.05, 0.1) is 5.41 Å².